The minimum atomic E-state index is -1.26. The van der Waals surface area contributed by atoms with E-state index in [1.165, 1.54) is 0 Å². The van der Waals surface area contributed by atoms with E-state index in [9.17, 15) is 19.2 Å². The fraction of sp³-hybridized carbons (Fsp3) is 0.302. The van der Waals surface area contributed by atoms with Crippen molar-refractivity contribution in [1.29, 1.82) is 0 Å². The van der Waals surface area contributed by atoms with Crippen LogP contribution in [0.15, 0.2) is 85.0 Å². The highest BCUT2D eigenvalue weighted by molar-refractivity contribution is 5.90. The number of hydrogen-bond donors (Lipinski definition) is 4. The van der Waals surface area contributed by atoms with E-state index in [4.69, 9.17) is 58.8 Å². The minimum absolute atomic E-state index is 0.558. The van der Waals surface area contributed by atoms with Gasteiger partial charge in [0.15, 0.2) is 23.0 Å². The number of nitrogens with zero attached hydrogens (tertiary/aromatic N) is 4. The second-order valence-electron chi connectivity index (χ2n) is 12.8. The molecule has 18 nitrogen and oxygen atoms in total. The quantitative estimate of drug-likeness (QED) is 0.109. The van der Waals surface area contributed by atoms with Gasteiger partial charge in [-0.3, -0.25) is 19.8 Å². The van der Waals surface area contributed by atoms with Gasteiger partial charge in [-0.1, -0.05) is 12.1 Å². The van der Waals surface area contributed by atoms with Crippen LogP contribution in [0.25, 0.3) is 22.5 Å². The van der Waals surface area contributed by atoms with Crippen LogP contribution in [0.2, 0.25) is 0 Å². The van der Waals surface area contributed by atoms with E-state index < -0.39 is 23.9 Å². The van der Waals surface area contributed by atoms with Gasteiger partial charge in [0.05, 0.1) is 65.4 Å². The van der Waals surface area contributed by atoms with Crippen molar-refractivity contribution in [3.63, 3.8) is 0 Å². The Kier molecular flexibility index (Phi) is 19.5. The number of aliphatic carboxylic acids is 4. The van der Waals surface area contributed by atoms with Crippen LogP contribution in [-0.2, 0) is 32.3 Å². The molecule has 1 aliphatic heterocycles. The average molecular weight is 847 g/mol. The summed E-state index contributed by atoms with van der Waals surface area (Å²) in [5.41, 5.74) is 5.59. The smallest absolute Gasteiger partial charge is 0.328 e. The number of carboxylic acids is 4. The van der Waals surface area contributed by atoms with Crippen LogP contribution in [0.4, 0.5) is 0 Å². The van der Waals surface area contributed by atoms with Gasteiger partial charge in [0.1, 0.15) is 0 Å². The summed E-state index contributed by atoms with van der Waals surface area (Å²) in [6.45, 7) is 5.46. The summed E-state index contributed by atoms with van der Waals surface area (Å²) in [6, 6.07) is 20.0. The molecule has 18 heteroatoms. The van der Waals surface area contributed by atoms with Crippen molar-refractivity contribution in [1.82, 2.24) is 19.8 Å². The number of rotatable bonds is 16. The maximum Gasteiger partial charge on any atom is 0.328 e. The van der Waals surface area contributed by atoms with Crippen LogP contribution in [0.1, 0.15) is 17.8 Å². The lowest BCUT2D eigenvalue weighted by atomic mass is 10.1. The van der Waals surface area contributed by atoms with Gasteiger partial charge in [-0.25, -0.2) is 19.2 Å². The Morgan fingerprint density at radius 1 is 0.508 bits per heavy atom. The van der Waals surface area contributed by atoms with Crippen LogP contribution >= 0.6 is 0 Å². The Morgan fingerprint density at radius 3 is 1.08 bits per heavy atom. The first-order chi connectivity index (χ1) is 29.2. The first-order valence-corrected chi connectivity index (χ1v) is 18.5. The lowest BCUT2D eigenvalue weighted by Gasteiger charge is -2.22. The van der Waals surface area contributed by atoms with Crippen LogP contribution in [-0.4, -0.2) is 133 Å². The van der Waals surface area contributed by atoms with Gasteiger partial charge < -0.3 is 48.8 Å². The Bertz CT molecular complexity index is 1940. The molecule has 0 amide bonds. The summed E-state index contributed by atoms with van der Waals surface area (Å²) in [5.74, 6) is -1.47. The third kappa shape index (κ3) is 15.5. The lowest BCUT2D eigenvalue weighted by Crippen LogP contribution is -2.30. The van der Waals surface area contributed by atoms with Crippen molar-refractivity contribution in [2.75, 3.05) is 68.8 Å². The van der Waals surface area contributed by atoms with Crippen LogP contribution in [0, 0.1) is 0 Å². The molecule has 1 aliphatic rings. The number of pyridine rings is 2. The molecule has 0 unspecified atom stereocenters. The van der Waals surface area contributed by atoms with Gasteiger partial charge in [0.25, 0.3) is 0 Å². The molecule has 0 saturated carbocycles. The lowest BCUT2D eigenvalue weighted by molar-refractivity contribution is -0.134. The highest BCUT2D eigenvalue weighted by Gasteiger charge is 2.19. The summed E-state index contributed by atoms with van der Waals surface area (Å²) in [7, 11) is 9.69. The van der Waals surface area contributed by atoms with E-state index in [0.717, 1.165) is 79.6 Å². The second kappa shape index (κ2) is 24.7. The maximum absolute atomic E-state index is 9.55. The predicted molar refractivity (Wildman–Crippen MR) is 223 cm³/mol. The SMILES string of the molecule is COc1cc(-c2cccc(CN3CCCN(Cc4cccc(-c5cc(OC)c(OC)c(OC)c5)n4)CC3)n2)cc(OC)c1OC.O=C(O)/C=C/C(=O)O.O=C(O)/C=C/C(=O)O. The van der Waals surface area contributed by atoms with E-state index in [1.54, 1.807) is 42.7 Å². The summed E-state index contributed by atoms with van der Waals surface area (Å²) < 4.78 is 33.2. The van der Waals surface area contributed by atoms with Crippen molar-refractivity contribution >= 4 is 23.9 Å². The van der Waals surface area contributed by atoms with E-state index in [1.807, 2.05) is 36.4 Å². The molecule has 0 bridgehead atoms. The Morgan fingerprint density at radius 2 is 0.820 bits per heavy atom. The van der Waals surface area contributed by atoms with Gasteiger partial charge >= 0.3 is 23.9 Å². The highest BCUT2D eigenvalue weighted by atomic mass is 16.5. The normalized spacial score (nSPS) is 12.8. The number of carbonyl (C=O) groups is 4. The molecule has 0 radical (unpaired) electrons. The monoisotopic (exact) mass is 846 g/mol. The molecule has 0 atom stereocenters. The van der Waals surface area contributed by atoms with Crippen molar-refractivity contribution in [2.24, 2.45) is 0 Å². The second-order valence-corrected chi connectivity index (χ2v) is 12.8. The topological polar surface area (TPSA) is 237 Å². The van der Waals surface area contributed by atoms with Crippen molar-refractivity contribution in [3.8, 4) is 57.0 Å². The number of ether oxygens (including phenoxy) is 6. The molecule has 1 saturated heterocycles. The predicted octanol–water partition coefficient (Wildman–Crippen LogP) is 4.99. The van der Waals surface area contributed by atoms with Crippen LogP contribution in [0.5, 0.6) is 34.5 Å². The molecule has 2 aromatic heterocycles. The summed E-state index contributed by atoms with van der Waals surface area (Å²) in [6.07, 6.45) is 3.30. The highest BCUT2D eigenvalue weighted by Crippen LogP contribution is 2.42. The number of methoxy groups -OCH3 is 6. The minimum Gasteiger partial charge on any atom is -0.493 e. The number of aromatic nitrogens is 2. The molecule has 3 heterocycles. The first-order valence-electron chi connectivity index (χ1n) is 18.5. The fourth-order valence-electron chi connectivity index (χ4n) is 6.00. The Labute approximate surface area is 352 Å². The third-order valence-corrected chi connectivity index (χ3v) is 8.72. The largest absolute Gasteiger partial charge is 0.493 e. The zero-order valence-electron chi connectivity index (χ0n) is 34.7. The summed E-state index contributed by atoms with van der Waals surface area (Å²) >= 11 is 0. The molecular formula is C43H50N4O14. The molecule has 2 aromatic carbocycles. The third-order valence-electron chi connectivity index (χ3n) is 8.72. The molecule has 4 N–H and O–H groups in total. The number of hydrogen-bond acceptors (Lipinski definition) is 14. The van der Waals surface area contributed by atoms with E-state index in [0.29, 0.717) is 58.8 Å². The molecular weight excluding hydrogens is 796 g/mol. The molecule has 326 valence electrons. The number of benzene rings is 2. The van der Waals surface area contributed by atoms with E-state index >= 15 is 0 Å². The fourth-order valence-corrected chi connectivity index (χ4v) is 6.00. The molecule has 5 rings (SSSR count). The first kappa shape index (κ1) is 48.2. The molecule has 0 spiro atoms. The van der Waals surface area contributed by atoms with Gasteiger partial charge in [-0.15, -0.1) is 0 Å². The summed E-state index contributed by atoms with van der Waals surface area (Å²) in [4.78, 5) is 53.1. The zero-order chi connectivity index (χ0) is 44.9. The standard InChI is InChI=1S/C35H42N4O6.2C4H4O4/c1-40-30-18-24(19-31(41-2)34(30)44-5)28-12-7-10-26(36-28)22-38-14-9-15-39(17-16-38)23-27-11-8-13-29(37-27)25-20-32(42-3)35(45-6)33(21-25)43-4;2*5-3(6)1-2-4(7)8/h7-8,10-13,18-21H,9,14-17,22-23H2,1-6H3;2*1-2H,(H,5,6)(H,7,8)/b;2*2-1+. The van der Waals surface area contributed by atoms with Crippen molar-refractivity contribution in [3.05, 3.63) is 96.4 Å². The van der Waals surface area contributed by atoms with Crippen molar-refractivity contribution in [2.45, 2.75) is 19.5 Å². The van der Waals surface area contributed by atoms with Gasteiger partial charge in [0, 0.05) is 61.6 Å². The average Bonchev–Trinajstić information content (AvgIpc) is 3.48. The van der Waals surface area contributed by atoms with Crippen molar-refractivity contribution < 1.29 is 68.0 Å². The van der Waals surface area contributed by atoms with Gasteiger partial charge in [-0.2, -0.15) is 0 Å². The van der Waals surface area contributed by atoms with E-state index in [2.05, 4.69) is 34.1 Å². The number of carboxylic acid groups (broad SMARTS) is 4. The zero-order valence-corrected chi connectivity index (χ0v) is 34.7. The molecule has 1 fully saturated rings. The Balaban J connectivity index is 0.000000524. The van der Waals surface area contributed by atoms with Crippen LogP contribution < -0.4 is 28.4 Å². The van der Waals surface area contributed by atoms with E-state index in [-0.39, 0.29) is 0 Å². The van der Waals surface area contributed by atoms with Crippen LogP contribution in [0.3, 0.4) is 0 Å². The maximum atomic E-state index is 9.55. The summed E-state index contributed by atoms with van der Waals surface area (Å²) in [5, 5.41) is 31.2. The molecule has 0 aliphatic carbocycles. The molecule has 61 heavy (non-hydrogen) atoms. The van der Waals surface area contributed by atoms with Gasteiger partial charge in [-0.05, 0) is 68.0 Å². The molecule has 4 aromatic rings. The Hall–Kier alpha value is -7.18. The van der Waals surface area contributed by atoms with Gasteiger partial charge in [0.2, 0.25) is 11.5 Å².